The third-order valence-corrected chi connectivity index (χ3v) is 3.89. The van der Waals surface area contributed by atoms with Crippen molar-refractivity contribution in [2.24, 2.45) is 0 Å². The first-order valence-electron chi connectivity index (χ1n) is 5.37. The van der Waals surface area contributed by atoms with Gasteiger partial charge in [-0.1, -0.05) is 0 Å². The molecule has 19 heavy (non-hydrogen) atoms. The van der Waals surface area contributed by atoms with E-state index in [0.717, 1.165) is 10.0 Å². The Morgan fingerprint density at radius 2 is 1.84 bits per heavy atom. The van der Waals surface area contributed by atoms with Gasteiger partial charge in [-0.05, 0) is 51.8 Å². The molecule has 0 amide bonds. The second-order valence-corrected chi connectivity index (χ2v) is 5.40. The minimum Gasteiger partial charge on any atom is -0.496 e. The van der Waals surface area contributed by atoms with Gasteiger partial charge in [0.1, 0.15) is 22.6 Å². The van der Waals surface area contributed by atoms with Crippen molar-refractivity contribution in [1.82, 2.24) is 0 Å². The standard InChI is InChI=1S/C13H11BrCl2O3/c1-17-10-6-8(14)11(18-2)5-7(10)13(16)9-3-4-12(15)19-9/h3-6,13H,1-2H3. The molecule has 0 fully saturated rings. The van der Waals surface area contributed by atoms with Crippen molar-refractivity contribution in [1.29, 1.82) is 0 Å². The van der Waals surface area contributed by atoms with E-state index < -0.39 is 5.38 Å². The van der Waals surface area contributed by atoms with Crippen LogP contribution in [-0.2, 0) is 0 Å². The van der Waals surface area contributed by atoms with Gasteiger partial charge in [0.2, 0.25) is 0 Å². The van der Waals surface area contributed by atoms with E-state index in [4.69, 9.17) is 37.1 Å². The van der Waals surface area contributed by atoms with Gasteiger partial charge in [-0.25, -0.2) is 0 Å². The van der Waals surface area contributed by atoms with Gasteiger partial charge in [-0.15, -0.1) is 11.6 Å². The summed E-state index contributed by atoms with van der Waals surface area (Å²) in [4.78, 5) is 0. The van der Waals surface area contributed by atoms with E-state index in [1.807, 2.05) is 0 Å². The molecule has 1 aromatic carbocycles. The molecule has 0 saturated carbocycles. The van der Waals surface area contributed by atoms with E-state index in [1.165, 1.54) is 0 Å². The van der Waals surface area contributed by atoms with Crippen LogP contribution < -0.4 is 9.47 Å². The minimum absolute atomic E-state index is 0.295. The van der Waals surface area contributed by atoms with E-state index in [-0.39, 0.29) is 0 Å². The van der Waals surface area contributed by atoms with Crippen molar-refractivity contribution in [3.63, 3.8) is 0 Å². The van der Waals surface area contributed by atoms with Gasteiger partial charge >= 0.3 is 0 Å². The Hall–Kier alpha value is -0.840. The number of furan rings is 1. The van der Waals surface area contributed by atoms with Crippen molar-refractivity contribution in [2.45, 2.75) is 5.38 Å². The van der Waals surface area contributed by atoms with Crippen molar-refractivity contribution in [3.05, 3.63) is 45.3 Å². The van der Waals surface area contributed by atoms with Crippen LogP contribution in [0.15, 0.2) is 33.2 Å². The van der Waals surface area contributed by atoms with Gasteiger partial charge in [-0.2, -0.15) is 0 Å². The van der Waals surface area contributed by atoms with Crippen LogP contribution in [0.2, 0.25) is 5.22 Å². The van der Waals surface area contributed by atoms with Crippen LogP contribution in [0.25, 0.3) is 0 Å². The Morgan fingerprint density at radius 3 is 2.37 bits per heavy atom. The monoisotopic (exact) mass is 364 g/mol. The average Bonchev–Trinajstić information content (AvgIpc) is 2.84. The van der Waals surface area contributed by atoms with E-state index in [2.05, 4.69) is 15.9 Å². The molecule has 2 aromatic rings. The van der Waals surface area contributed by atoms with Gasteiger partial charge in [0.25, 0.3) is 0 Å². The molecule has 102 valence electrons. The second kappa shape index (κ2) is 6.07. The predicted molar refractivity (Wildman–Crippen MR) is 78.7 cm³/mol. The molecular formula is C13H11BrCl2O3. The SMILES string of the molecule is COc1cc(C(Cl)c2ccc(Cl)o2)c(OC)cc1Br. The molecule has 3 nitrogen and oxygen atoms in total. The lowest BCUT2D eigenvalue weighted by molar-refractivity contribution is 0.395. The molecule has 1 aromatic heterocycles. The van der Waals surface area contributed by atoms with E-state index in [9.17, 15) is 0 Å². The molecule has 1 unspecified atom stereocenters. The fraction of sp³-hybridized carbons (Fsp3) is 0.231. The van der Waals surface area contributed by atoms with Crippen LogP contribution in [0.1, 0.15) is 16.7 Å². The fourth-order valence-electron chi connectivity index (χ4n) is 1.70. The molecule has 0 aliphatic heterocycles. The highest BCUT2D eigenvalue weighted by Crippen LogP contribution is 2.41. The Bertz CT molecular complexity index is 583. The first-order chi connectivity index (χ1) is 9.06. The molecule has 2 rings (SSSR count). The summed E-state index contributed by atoms with van der Waals surface area (Å²) < 4.78 is 16.7. The lowest BCUT2D eigenvalue weighted by atomic mass is 10.1. The van der Waals surface area contributed by atoms with Gasteiger partial charge in [0.05, 0.1) is 18.7 Å². The molecular weight excluding hydrogens is 355 g/mol. The van der Waals surface area contributed by atoms with Crippen molar-refractivity contribution < 1.29 is 13.9 Å². The van der Waals surface area contributed by atoms with Crippen molar-refractivity contribution in [3.8, 4) is 11.5 Å². The minimum atomic E-state index is -0.510. The number of methoxy groups -OCH3 is 2. The maximum absolute atomic E-state index is 6.41. The van der Waals surface area contributed by atoms with Gasteiger partial charge in [0.15, 0.2) is 5.22 Å². The zero-order valence-electron chi connectivity index (χ0n) is 10.2. The van der Waals surface area contributed by atoms with Crippen LogP contribution in [0.3, 0.4) is 0 Å². The Balaban J connectivity index is 2.48. The lowest BCUT2D eigenvalue weighted by Crippen LogP contribution is -1.98. The van der Waals surface area contributed by atoms with E-state index >= 15 is 0 Å². The summed E-state index contributed by atoms with van der Waals surface area (Å²) in [5.41, 5.74) is 0.746. The van der Waals surface area contributed by atoms with Crippen LogP contribution in [0, 0.1) is 0 Å². The van der Waals surface area contributed by atoms with Crippen LogP contribution in [0.5, 0.6) is 11.5 Å². The summed E-state index contributed by atoms with van der Waals surface area (Å²) in [6.45, 7) is 0. The number of hydrogen-bond acceptors (Lipinski definition) is 3. The quantitative estimate of drug-likeness (QED) is 0.711. The second-order valence-electron chi connectivity index (χ2n) is 3.73. The Morgan fingerprint density at radius 1 is 1.16 bits per heavy atom. The number of alkyl halides is 1. The number of halogens is 3. The van der Waals surface area contributed by atoms with Gasteiger partial charge < -0.3 is 13.9 Å². The summed E-state index contributed by atoms with van der Waals surface area (Å²) >= 11 is 15.6. The zero-order chi connectivity index (χ0) is 14.0. The highest BCUT2D eigenvalue weighted by Gasteiger charge is 2.21. The maximum atomic E-state index is 6.41. The van der Waals surface area contributed by atoms with Crippen molar-refractivity contribution in [2.75, 3.05) is 14.2 Å². The normalized spacial score (nSPS) is 12.3. The predicted octanol–water partition coefficient (Wildman–Crippen LogP) is 5.04. The number of rotatable bonds is 4. The third-order valence-electron chi connectivity index (χ3n) is 2.62. The molecule has 6 heteroatoms. The highest BCUT2D eigenvalue weighted by atomic mass is 79.9. The largest absolute Gasteiger partial charge is 0.496 e. The van der Waals surface area contributed by atoms with Gasteiger partial charge in [-0.3, -0.25) is 0 Å². The first-order valence-corrected chi connectivity index (χ1v) is 6.98. The van der Waals surface area contributed by atoms with Crippen LogP contribution in [0.4, 0.5) is 0 Å². The van der Waals surface area contributed by atoms with Crippen LogP contribution in [-0.4, -0.2) is 14.2 Å². The summed E-state index contributed by atoms with van der Waals surface area (Å²) in [6.07, 6.45) is 0. The van der Waals surface area contributed by atoms with Crippen molar-refractivity contribution >= 4 is 39.1 Å². The smallest absolute Gasteiger partial charge is 0.193 e. The summed E-state index contributed by atoms with van der Waals surface area (Å²) in [7, 11) is 3.17. The molecule has 1 atom stereocenters. The fourth-order valence-corrected chi connectivity index (χ4v) is 2.62. The topological polar surface area (TPSA) is 31.6 Å². The zero-order valence-corrected chi connectivity index (χ0v) is 13.3. The highest BCUT2D eigenvalue weighted by molar-refractivity contribution is 9.10. The molecule has 0 N–H and O–H groups in total. The number of hydrogen-bond donors (Lipinski definition) is 0. The molecule has 0 aliphatic carbocycles. The van der Waals surface area contributed by atoms with Gasteiger partial charge in [0, 0.05) is 5.56 Å². The van der Waals surface area contributed by atoms with E-state index in [1.54, 1.807) is 38.5 Å². The Labute approximate surface area is 129 Å². The number of benzene rings is 1. The molecule has 1 heterocycles. The maximum Gasteiger partial charge on any atom is 0.193 e. The van der Waals surface area contributed by atoms with Crippen LogP contribution >= 0.6 is 39.1 Å². The summed E-state index contributed by atoms with van der Waals surface area (Å²) in [6, 6.07) is 6.98. The number of ether oxygens (including phenoxy) is 2. The molecule has 0 bridgehead atoms. The Kier molecular flexibility index (Phi) is 4.66. The lowest BCUT2D eigenvalue weighted by Gasteiger charge is -2.15. The summed E-state index contributed by atoms with van der Waals surface area (Å²) in [5, 5.41) is -0.215. The molecule has 0 radical (unpaired) electrons. The third kappa shape index (κ3) is 3.02. The molecule has 0 saturated heterocycles. The molecule has 0 aliphatic rings. The average molecular weight is 366 g/mol. The first kappa shape index (κ1) is 14.6. The molecule has 0 spiro atoms. The van der Waals surface area contributed by atoms with E-state index in [0.29, 0.717) is 22.5 Å². The summed E-state index contributed by atoms with van der Waals surface area (Å²) in [5.74, 6) is 1.86.